The molecule has 0 amide bonds. The van der Waals surface area contributed by atoms with Crippen LogP contribution in [0.5, 0.6) is 0 Å². The number of carbonyl (C=O) groups excluding carboxylic acids is 2. The average Bonchev–Trinajstić information content (AvgIpc) is 3.30. The van der Waals surface area contributed by atoms with E-state index in [1.54, 1.807) is 19.1 Å². The van der Waals surface area contributed by atoms with Crippen molar-refractivity contribution in [3.05, 3.63) is 83.9 Å². The van der Waals surface area contributed by atoms with Gasteiger partial charge in [-0.1, -0.05) is 74.5 Å². The molecule has 11 atom stereocenters. The van der Waals surface area contributed by atoms with Crippen molar-refractivity contribution in [3.63, 3.8) is 0 Å². The summed E-state index contributed by atoms with van der Waals surface area (Å²) in [5.41, 5.74) is -9.54. The molecule has 264 valence electrons. The zero-order valence-electron chi connectivity index (χ0n) is 28.2. The second-order valence-electron chi connectivity index (χ2n) is 15.2. The van der Waals surface area contributed by atoms with Gasteiger partial charge >= 0.3 is 11.9 Å². The molecule has 49 heavy (non-hydrogen) atoms. The minimum absolute atomic E-state index is 0.0846. The number of hydrogen-bond acceptors (Lipinski definition) is 10. The Morgan fingerprint density at radius 1 is 0.796 bits per heavy atom. The first-order valence-corrected chi connectivity index (χ1v) is 17.2. The van der Waals surface area contributed by atoms with Gasteiger partial charge < -0.3 is 40.1 Å². The van der Waals surface area contributed by atoms with E-state index < -0.39 is 81.9 Å². The summed E-state index contributed by atoms with van der Waals surface area (Å²) in [5.74, 6) is -2.39. The molecule has 4 saturated carbocycles. The van der Waals surface area contributed by atoms with E-state index in [4.69, 9.17) is 9.47 Å². The Morgan fingerprint density at radius 3 is 1.96 bits per heavy atom. The molecule has 0 bridgehead atoms. The fourth-order valence-electron chi connectivity index (χ4n) is 10.1. The van der Waals surface area contributed by atoms with Crippen molar-refractivity contribution in [1.29, 1.82) is 0 Å². The Morgan fingerprint density at radius 2 is 1.37 bits per heavy atom. The van der Waals surface area contributed by atoms with Crippen LogP contribution in [0.25, 0.3) is 12.2 Å². The van der Waals surface area contributed by atoms with E-state index in [2.05, 4.69) is 0 Å². The van der Waals surface area contributed by atoms with Crippen LogP contribution in [0, 0.1) is 16.7 Å². The SMILES string of the molecule is CC(OC(=O)C=Cc1ccccc1)C1(O)CCC2(O)C3(O)CC(O)C4(O)CC(O)CCC4(C)C3CC(OC(=O)C=Cc3ccccc3)C12C. The third-order valence-corrected chi connectivity index (χ3v) is 13.0. The molecule has 10 heteroatoms. The molecule has 0 radical (unpaired) electrons. The van der Waals surface area contributed by atoms with Gasteiger partial charge in [-0.15, -0.1) is 0 Å². The lowest BCUT2D eigenvalue weighted by atomic mass is 9.38. The Labute approximate surface area is 286 Å². The van der Waals surface area contributed by atoms with Crippen molar-refractivity contribution in [2.75, 3.05) is 0 Å². The van der Waals surface area contributed by atoms with Crippen LogP contribution in [-0.2, 0) is 19.1 Å². The molecule has 4 fully saturated rings. The third kappa shape index (κ3) is 5.30. The van der Waals surface area contributed by atoms with Gasteiger partial charge in [0.1, 0.15) is 29.0 Å². The van der Waals surface area contributed by atoms with Crippen LogP contribution in [0.4, 0.5) is 0 Å². The maximum absolute atomic E-state index is 13.5. The molecule has 6 N–H and O–H groups in total. The first kappa shape index (κ1) is 35.4. The standard InChI is InChI=1S/C39H48O10/c1-25(48-32(42)16-14-26-10-6-4-7-11-26)36(44)20-21-39(47)35(36,3)31(49-33(43)17-15-27-12-8-5-9-13-27)22-29-34(2)19-18-28(40)23-38(34,46)30(41)24-37(29,39)45/h4-17,25,28-31,40-41,44-47H,18-24H2,1-3H3. The quantitative estimate of drug-likeness (QED) is 0.189. The van der Waals surface area contributed by atoms with Crippen LogP contribution in [-0.4, -0.2) is 89.4 Å². The summed E-state index contributed by atoms with van der Waals surface area (Å²) in [6, 6.07) is 18.3. The smallest absolute Gasteiger partial charge is 0.331 e. The van der Waals surface area contributed by atoms with Crippen molar-refractivity contribution in [2.45, 2.75) is 113 Å². The van der Waals surface area contributed by atoms with Crippen LogP contribution in [0.15, 0.2) is 72.8 Å². The predicted molar refractivity (Wildman–Crippen MR) is 180 cm³/mol. The lowest BCUT2D eigenvalue weighted by Crippen LogP contribution is -2.83. The number of ether oxygens (including phenoxy) is 2. The number of carbonyl (C=O) groups is 2. The van der Waals surface area contributed by atoms with Gasteiger partial charge in [0.15, 0.2) is 0 Å². The number of rotatable bonds is 7. The van der Waals surface area contributed by atoms with Crippen molar-refractivity contribution in [1.82, 2.24) is 0 Å². The number of aliphatic hydroxyl groups is 6. The molecule has 4 aliphatic carbocycles. The molecule has 11 unspecified atom stereocenters. The van der Waals surface area contributed by atoms with E-state index in [1.807, 2.05) is 60.7 Å². The van der Waals surface area contributed by atoms with Crippen molar-refractivity contribution in [3.8, 4) is 0 Å². The average molecular weight is 677 g/mol. The van der Waals surface area contributed by atoms with Gasteiger partial charge in [0, 0.05) is 36.3 Å². The Balaban J connectivity index is 1.39. The van der Waals surface area contributed by atoms with E-state index in [-0.39, 0.29) is 32.1 Å². The maximum atomic E-state index is 13.5. The van der Waals surface area contributed by atoms with Crippen molar-refractivity contribution < 1.29 is 49.7 Å². The summed E-state index contributed by atoms with van der Waals surface area (Å²) in [6.07, 6.45) is 0.391. The minimum atomic E-state index is -2.17. The number of hydrogen-bond donors (Lipinski definition) is 6. The highest BCUT2D eigenvalue weighted by Crippen LogP contribution is 2.73. The summed E-state index contributed by atoms with van der Waals surface area (Å²) in [5, 5.41) is 72.4. The van der Waals surface area contributed by atoms with E-state index in [9.17, 15) is 40.2 Å². The predicted octanol–water partition coefficient (Wildman–Crippen LogP) is 3.32. The Bertz CT molecular complexity index is 1610. The molecule has 0 aliphatic heterocycles. The van der Waals surface area contributed by atoms with E-state index in [0.29, 0.717) is 6.42 Å². The van der Waals surface area contributed by atoms with Crippen LogP contribution < -0.4 is 0 Å². The van der Waals surface area contributed by atoms with Gasteiger partial charge in [-0.05, 0) is 62.3 Å². The summed E-state index contributed by atoms with van der Waals surface area (Å²) >= 11 is 0. The molecule has 2 aromatic carbocycles. The zero-order chi connectivity index (χ0) is 35.5. The fourth-order valence-corrected chi connectivity index (χ4v) is 10.1. The number of aliphatic hydroxyl groups excluding tert-OH is 2. The molecule has 10 nitrogen and oxygen atoms in total. The molecule has 0 heterocycles. The van der Waals surface area contributed by atoms with Gasteiger partial charge in [-0.25, -0.2) is 9.59 Å². The van der Waals surface area contributed by atoms with E-state index >= 15 is 0 Å². The minimum Gasteiger partial charge on any atom is -0.458 e. The molecular weight excluding hydrogens is 628 g/mol. The topological polar surface area (TPSA) is 174 Å². The lowest BCUT2D eigenvalue weighted by Gasteiger charge is -2.71. The van der Waals surface area contributed by atoms with Crippen LogP contribution >= 0.6 is 0 Å². The first-order valence-electron chi connectivity index (χ1n) is 17.2. The highest BCUT2D eigenvalue weighted by molar-refractivity contribution is 5.88. The van der Waals surface area contributed by atoms with Crippen molar-refractivity contribution in [2.24, 2.45) is 16.7 Å². The molecule has 0 aromatic heterocycles. The van der Waals surface area contributed by atoms with Gasteiger partial charge in [-0.3, -0.25) is 0 Å². The van der Waals surface area contributed by atoms with E-state index in [0.717, 1.165) is 11.1 Å². The highest BCUT2D eigenvalue weighted by atomic mass is 16.6. The third-order valence-electron chi connectivity index (χ3n) is 13.0. The first-order chi connectivity index (χ1) is 23.0. The largest absolute Gasteiger partial charge is 0.458 e. The molecule has 6 rings (SSSR count). The molecule has 2 aromatic rings. The normalized spacial score (nSPS) is 42.2. The van der Waals surface area contributed by atoms with Gasteiger partial charge in [0.05, 0.1) is 23.2 Å². The molecule has 0 spiro atoms. The Hall–Kier alpha value is -3.38. The number of fused-ring (bicyclic) bond motifs is 5. The van der Waals surface area contributed by atoms with Crippen LogP contribution in [0.3, 0.4) is 0 Å². The summed E-state index contributed by atoms with van der Waals surface area (Å²) in [4.78, 5) is 26.5. The van der Waals surface area contributed by atoms with Crippen LogP contribution in [0.2, 0.25) is 0 Å². The second kappa shape index (κ2) is 12.4. The summed E-state index contributed by atoms with van der Waals surface area (Å²) in [7, 11) is 0. The Kier molecular flexibility index (Phi) is 9.00. The van der Waals surface area contributed by atoms with Gasteiger partial charge in [0.25, 0.3) is 0 Å². The van der Waals surface area contributed by atoms with Crippen molar-refractivity contribution >= 4 is 24.1 Å². The maximum Gasteiger partial charge on any atom is 0.331 e. The van der Waals surface area contributed by atoms with Crippen LogP contribution in [0.1, 0.15) is 76.8 Å². The lowest BCUT2D eigenvalue weighted by molar-refractivity contribution is -0.372. The monoisotopic (exact) mass is 676 g/mol. The second-order valence-corrected chi connectivity index (χ2v) is 15.2. The van der Waals surface area contributed by atoms with Gasteiger partial charge in [0.2, 0.25) is 0 Å². The molecule has 0 saturated heterocycles. The summed E-state index contributed by atoms with van der Waals surface area (Å²) < 4.78 is 11.9. The van der Waals surface area contributed by atoms with E-state index in [1.165, 1.54) is 26.0 Å². The zero-order valence-corrected chi connectivity index (χ0v) is 28.2. The number of esters is 2. The highest BCUT2D eigenvalue weighted by Gasteiger charge is 2.84. The number of benzene rings is 2. The molecule has 4 aliphatic rings. The van der Waals surface area contributed by atoms with Gasteiger partial charge in [-0.2, -0.15) is 0 Å². The fraction of sp³-hybridized carbons (Fsp3) is 0.538. The summed E-state index contributed by atoms with van der Waals surface area (Å²) in [6.45, 7) is 4.78. The molecular formula is C39H48O10.